The summed E-state index contributed by atoms with van der Waals surface area (Å²) >= 11 is 0. The molecule has 2 atom stereocenters. The summed E-state index contributed by atoms with van der Waals surface area (Å²) in [4.78, 5) is -0.259. The van der Waals surface area contributed by atoms with Crippen LogP contribution in [0, 0.1) is 5.92 Å². The van der Waals surface area contributed by atoms with E-state index in [-0.39, 0.29) is 22.8 Å². The van der Waals surface area contributed by atoms with Crippen molar-refractivity contribution in [1.82, 2.24) is 0 Å². The molecule has 0 heterocycles. The van der Waals surface area contributed by atoms with E-state index in [0.29, 0.717) is 12.0 Å². The zero-order valence-corrected chi connectivity index (χ0v) is 23.8. The third kappa shape index (κ3) is 9.26. The molecule has 0 fully saturated rings. The van der Waals surface area contributed by atoms with Gasteiger partial charge in [-0.25, -0.2) is 0 Å². The van der Waals surface area contributed by atoms with E-state index in [1.165, 1.54) is 50.3 Å². The SMILES string of the molecule is CCCCCCCCCC1C=C2C=CC(CCCCCCCCC)(S(=O)(=O)O)C=C2C(S(=O)(=O)O)=C1. The van der Waals surface area contributed by atoms with Crippen LogP contribution < -0.4 is 0 Å². The van der Waals surface area contributed by atoms with E-state index in [9.17, 15) is 25.9 Å². The van der Waals surface area contributed by atoms with E-state index in [0.717, 1.165) is 57.8 Å². The minimum Gasteiger partial charge on any atom is -0.285 e. The number of fused-ring (bicyclic) bond motifs is 1. The summed E-state index contributed by atoms with van der Waals surface area (Å²) in [5.41, 5.74) is 0.744. The molecule has 206 valence electrons. The second-order valence-electron chi connectivity index (χ2n) is 10.4. The van der Waals surface area contributed by atoms with Gasteiger partial charge in [0.2, 0.25) is 0 Å². The minimum absolute atomic E-state index is 0.157. The molecule has 0 aromatic rings. The molecular formula is C28H46O6S2. The molecule has 0 aromatic heterocycles. The van der Waals surface area contributed by atoms with Crippen LogP contribution in [0.3, 0.4) is 0 Å². The maximum Gasteiger partial charge on any atom is 0.294 e. The molecule has 0 aliphatic heterocycles. The molecule has 2 aliphatic carbocycles. The lowest BCUT2D eigenvalue weighted by atomic mass is 9.83. The summed E-state index contributed by atoms with van der Waals surface area (Å²) in [5.74, 6) is -0.157. The zero-order chi connectivity index (χ0) is 26.7. The lowest BCUT2D eigenvalue weighted by Gasteiger charge is -2.31. The van der Waals surface area contributed by atoms with Gasteiger partial charge in [-0.3, -0.25) is 9.11 Å². The van der Waals surface area contributed by atoms with Gasteiger partial charge in [0, 0.05) is 5.57 Å². The molecule has 0 bridgehead atoms. The van der Waals surface area contributed by atoms with Crippen molar-refractivity contribution in [3.8, 4) is 0 Å². The van der Waals surface area contributed by atoms with Crippen molar-refractivity contribution >= 4 is 20.2 Å². The molecule has 0 aromatic carbocycles. The average molecular weight is 543 g/mol. The van der Waals surface area contributed by atoms with Crippen LogP contribution in [-0.2, 0) is 20.2 Å². The summed E-state index contributed by atoms with van der Waals surface area (Å²) in [6.07, 6.45) is 23.9. The van der Waals surface area contributed by atoms with E-state index in [4.69, 9.17) is 0 Å². The Balaban J connectivity index is 2.14. The van der Waals surface area contributed by atoms with E-state index in [2.05, 4.69) is 13.8 Å². The first kappa shape index (κ1) is 31.0. The van der Waals surface area contributed by atoms with Gasteiger partial charge < -0.3 is 0 Å². The van der Waals surface area contributed by atoms with Crippen LogP contribution >= 0.6 is 0 Å². The largest absolute Gasteiger partial charge is 0.294 e. The predicted octanol–water partition coefficient (Wildman–Crippen LogP) is 7.72. The Hall–Kier alpha value is -1.22. The molecule has 36 heavy (non-hydrogen) atoms. The van der Waals surface area contributed by atoms with Crippen molar-refractivity contribution in [3.63, 3.8) is 0 Å². The Labute approximate surface area is 219 Å². The van der Waals surface area contributed by atoms with E-state index in [1.807, 2.05) is 6.08 Å². The number of unbranched alkanes of at least 4 members (excludes halogenated alkanes) is 12. The van der Waals surface area contributed by atoms with Crippen molar-refractivity contribution < 1.29 is 25.9 Å². The van der Waals surface area contributed by atoms with Gasteiger partial charge in [0.15, 0.2) is 0 Å². The molecule has 0 radical (unpaired) electrons. The van der Waals surface area contributed by atoms with Gasteiger partial charge in [-0.15, -0.1) is 0 Å². The van der Waals surface area contributed by atoms with Crippen LogP contribution in [0.4, 0.5) is 0 Å². The lowest BCUT2D eigenvalue weighted by Crippen LogP contribution is -2.37. The first-order chi connectivity index (χ1) is 17.0. The molecule has 2 N–H and O–H groups in total. The number of hydrogen-bond donors (Lipinski definition) is 2. The average Bonchev–Trinajstić information content (AvgIpc) is 2.81. The van der Waals surface area contributed by atoms with Crippen molar-refractivity contribution in [3.05, 3.63) is 46.4 Å². The molecule has 0 saturated carbocycles. The molecule has 2 rings (SSSR count). The normalized spacial score (nSPS) is 22.1. The van der Waals surface area contributed by atoms with Crippen molar-refractivity contribution in [2.75, 3.05) is 0 Å². The molecule has 8 heteroatoms. The van der Waals surface area contributed by atoms with E-state index >= 15 is 0 Å². The van der Waals surface area contributed by atoms with Crippen molar-refractivity contribution in [1.29, 1.82) is 0 Å². The molecule has 0 amide bonds. The van der Waals surface area contributed by atoms with Crippen molar-refractivity contribution in [2.45, 2.75) is 121 Å². The molecule has 2 unspecified atom stereocenters. The van der Waals surface area contributed by atoms with Gasteiger partial charge in [-0.1, -0.05) is 128 Å². The summed E-state index contributed by atoms with van der Waals surface area (Å²) in [7, 11) is -9.11. The molecule has 6 nitrogen and oxygen atoms in total. The standard InChI is InChI=1S/C28H46O6S2/c1-3-5-7-9-11-13-15-17-24-21-25-18-20-28(36(32,33)34,19-16-14-12-10-8-6-4-2)23-26(25)27(22-24)35(29,30)31/h18,20-24H,3-17,19H2,1-2H3,(H,29,30,31)(H,32,33,34). The van der Waals surface area contributed by atoms with Gasteiger partial charge in [-0.05, 0) is 30.4 Å². The Morgan fingerprint density at radius 1 is 0.750 bits per heavy atom. The third-order valence-corrected chi connectivity index (χ3v) is 9.67. The second kappa shape index (κ2) is 14.6. The Kier molecular flexibility index (Phi) is 12.6. The highest BCUT2D eigenvalue weighted by Crippen LogP contribution is 2.42. The first-order valence-electron chi connectivity index (χ1n) is 13.8. The quantitative estimate of drug-likeness (QED) is 0.136. The van der Waals surface area contributed by atoms with Gasteiger partial charge in [-0.2, -0.15) is 16.8 Å². The molecule has 0 spiro atoms. The Morgan fingerprint density at radius 3 is 1.81 bits per heavy atom. The van der Waals surface area contributed by atoms with E-state index in [1.54, 1.807) is 6.08 Å². The van der Waals surface area contributed by atoms with Crippen LogP contribution in [0.2, 0.25) is 0 Å². The summed E-state index contributed by atoms with van der Waals surface area (Å²) in [6, 6.07) is 0. The number of allylic oxidation sites excluding steroid dienone is 5. The van der Waals surface area contributed by atoms with Gasteiger partial charge in [0.25, 0.3) is 20.2 Å². The second-order valence-corrected chi connectivity index (χ2v) is 13.5. The Morgan fingerprint density at radius 2 is 1.28 bits per heavy atom. The minimum atomic E-state index is -4.57. The van der Waals surface area contributed by atoms with Gasteiger partial charge >= 0.3 is 0 Å². The predicted molar refractivity (Wildman–Crippen MR) is 148 cm³/mol. The summed E-state index contributed by atoms with van der Waals surface area (Å²) < 4.78 is 68.0. The van der Waals surface area contributed by atoms with Crippen LogP contribution in [-0.4, -0.2) is 30.7 Å². The fourth-order valence-electron chi connectivity index (χ4n) is 5.15. The van der Waals surface area contributed by atoms with Gasteiger partial charge in [0.1, 0.15) is 4.75 Å². The molecular weight excluding hydrogens is 496 g/mol. The lowest BCUT2D eigenvalue weighted by molar-refractivity contribution is 0.447. The smallest absolute Gasteiger partial charge is 0.285 e. The van der Waals surface area contributed by atoms with E-state index < -0.39 is 25.0 Å². The maximum atomic E-state index is 12.5. The van der Waals surface area contributed by atoms with Crippen LogP contribution in [0.25, 0.3) is 0 Å². The fourth-order valence-corrected chi connectivity index (χ4v) is 6.86. The monoisotopic (exact) mass is 542 g/mol. The summed E-state index contributed by atoms with van der Waals surface area (Å²) in [6.45, 7) is 4.34. The number of hydrogen-bond acceptors (Lipinski definition) is 4. The summed E-state index contributed by atoms with van der Waals surface area (Å²) in [5, 5.41) is 0. The fraction of sp³-hybridized carbons (Fsp3) is 0.714. The van der Waals surface area contributed by atoms with Crippen LogP contribution in [0.5, 0.6) is 0 Å². The highest BCUT2D eigenvalue weighted by Gasteiger charge is 2.42. The van der Waals surface area contributed by atoms with Crippen molar-refractivity contribution in [2.24, 2.45) is 5.92 Å². The highest BCUT2D eigenvalue weighted by atomic mass is 32.2. The molecule has 0 saturated heterocycles. The first-order valence-corrected chi connectivity index (χ1v) is 16.7. The Bertz CT molecular complexity index is 1030. The highest BCUT2D eigenvalue weighted by molar-refractivity contribution is 7.90. The van der Waals surface area contributed by atoms with Gasteiger partial charge in [0.05, 0.1) is 4.91 Å². The van der Waals surface area contributed by atoms with Crippen LogP contribution in [0.15, 0.2) is 46.4 Å². The zero-order valence-electron chi connectivity index (χ0n) is 22.1. The topological polar surface area (TPSA) is 109 Å². The number of rotatable bonds is 18. The third-order valence-electron chi connectivity index (χ3n) is 7.34. The van der Waals surface area contributed by atoms with Crippen LogP contribution in [0.1, 0.15) is 117 Å². The molecule has 2 aliphatic rings. The maximum absolute atomic E-state index is 12.5.